The second kappa shape index (κ2) is 9.45. The van der Waals surface area contributed by atoms with Crippen molar-refractivity contribution < 1.29 is 17.9 Å². The number of carbonyl (C=O) groups is 1. The van der Waals surface area contributed by atoms with Gasteiger partial charge in [0, 0.05) is 32.7 Å². The zero-order valence-corrected chi connectivity index (χ0v) is 16.6. The molecule has 8 heteroatoms. The summed E-state index contributed by atoms with van der Waals surface area (Å²) in [6.07, 6.45) is 1.73. The summed E-state index contributed by atoms with van der Waals surface area (Å²) in [6, 6.07) is 4.55. The van der Waals surface area contributed by atoms with Crippen molar-refractivity contribution in [3.63, 3.8) is 0 Å². The number of nitrogens with one attached hydrogen (secondary N) is 1. The van der Waals surface area contributed by atoms with E-state index in [1.165, 1.54) is 13.2 Å². The summed E-state index contributed by atoms with van der Waals surface area (Å²) >= 11 is 0. The number of esters is 1. The van der Waals surface area contributed by atoms with E-state index in [0.717, 1.165) is 45.6 Å². The van der Waals surface area contributed by atoms with Crippen LogP contribution in [0.4, 0.5) is 0 Å². The zero-order chi connectivity index (χ0) is 19.2. The maximum atomic E-state index is 12.5. The van der Waals surface area contributed by atoms with E-state index in [1.54, 1.807) is 19.1 Å². The van der Waals surface area contributed by atoms with Crippen LogP contribution in [0, 0.1) is 6.92 Å². The first kappa shape index (κ1) is 20.8. The molecule has 1 saturated heterocycles. The lowest BCUT2D eigenvalue weighted by molar-refractivity contribution is 0.0600. The van der Waals surface area contributed by atoms with Crippen molar-refractivity contribution in [2.24, 2.45) is 0 Å². The molecule has 1 fully saturated rings. The number of ether oxygens (including phenoxy) is 1. The first-order valence-electron chi connectivity index (χ1n) is 8.93. The topological polar surface area (TPSA) is 78.9 Å². The minimum absolute atomic E-state index is 0.125. The van der Waals surface area contributed by atoms with E-state index in [-0.39, 0.29) is 10.5 Å². The number of sulfonamides is 1. The van der Waals surface area contributed by atoms with Gasteiger partial charge in [0.2, 0.25) is 10.0 Å². The molecule has 146 valence electrons. The average molecular weight is 384 g/mol. The maximum absolute atomic E-state index is 12.5. The summed E-state index contributed by atoms with van der Waals surface area (Å²) in [6.45, 7) is 7.40. The van der Waals surface area contributed by atoms with Crippen LogP contribution in [-0.4, -0.2) is 77.6 Å². The molecule has 1 aromatic rings. The molecule has 0 atom stereocenters. The van der Waals surface area contributed by atoms with Crippen LogP contribution in [0.3, 0.4) is 0 Å². The van der Waals surface area contributed by atoms with Gasteiger partial charge in [-0.25, -0.2) is 17.9 Å². The molecule has 0 amide bonds. The normalized spacial score (nSPS) is 16.6. The van der Waals surface area contributed by atoms with E-state index >= 15 is 0 Å². The summed E-state index contributed by atoms with van der Waals surface area (Å²) in [5.41, 5.74) is 0.830. The number of piperazine rings is 1. The average Bonchev–Trinajstić information content (AvgIpc) is 2.62. The number of rotatable bonds is 8. The summed E-state index contributed by atoms with van der Waals surface area (Å²) in [5.74, 6) is -0.548. The summed E-state index contributed by atoms with van der Waals surface area (Å²) in [5, 5.41) is 0. The zero-order valence-electron chi connectivity index (χ0n) is 15.8. The van der Waals surface area contributed by atoms with E-state index in [1.807, 2.05) is 0 Å². The van der Waals surface area contributed by atoms with Crippen molar-refractivity contribution in [3.05, 3.63) is 29.3 Å². The predicted molar refractivity (Wildman–Crippen MR) is 101 cm³/mol. The molecule has 0 aliphatic carbocycles. The highest BCUT2D eigenvalue weighted by molar-refractivity contribution is 7.89. The Morgan fingerprint density at radius 1 is 1.19 bits per heavy atom. The van der Waals surface area contributed by atoms with Crippen molar-refractivity contribution in [2.45, 2.75) is 24.7 Å². The number of benzene rings is 1. The fourth-order valence-corrected chi connectivity index (χ4v) is 4.29. The van der Waals surface area contributed by atoms with Gasteiger partial charge in [0.25, 0.3) is 0 Å². The largest absolute Gasteiger partial charge is 0.465 e. The third-order valence-electron chi connectivity index (χ3n) is 4.69. The Labute approximate surface area is 156 Å². The van der Waals surface area contributed by atoms with Crippen LogP contribution in [0.15, 0.2) is 23.1 Å². The lowest BCUT2D eigenvalue weighted by atomic mass is 10.1. The highest BCUT2D eigenvalue weighted by atomic mass is 32.2. The van der Waals surface area contributed by atoms with E-state index in [4.69, 9.17) is 0 Å². The van der Waals surface area contributed by atoms with E-state index in [9.17, 15) is 13.2 Å². The standard InChI is InChI=1S/C18H29N3O4S/c1-15-6-7-16(18(22)25-3)14-17(15)26(23,24)19-8-4-5-9-21-12-10-20(2)11-13-21/h6-7,14,19H,4-5,8-13H2,1-3H3. The van der Waals surface area contributed by atoms with Gasteiger partial charge in [0.15, 0.2) is 0 Å². The monoisotopic (exact) mass is 383 g/mol. The number of methoxy groups -OCH3 is 1. The molecule has 0 bridgehead atoms. The van der Waals surface area contributed by atoms with Gasteiger partial charge in [-0.15, -0.1) is 0 Å². The number of aryl methyl sites for hydroxylation is 1. The van der Waals surface area contributed by atoms with E-state index in [0.29, 0.717) is 12.1 Å². The molecule has 1 aromatic carbocycles. The van der Waals surface area contributed by atoms with Gasteiger partial charge >= 0.3 is 5.97 Å². The number of carbonyl (C=O) groups excluding carboxylic acids is 1. The molecular formula is C18H29N3O4S. The third-order valence-corrected chi connectivity index (χ3v) is 6.29. The van der Waals surface area contributed by atoms with Gasteiger partial charge in [-0.2, -0.15) is 0 Å². The van der Waals surface area contributed by atoms with Gasteiger partial charge in [0.05, 0.1) is 17.6 Å². The van der Waals surface area contributed by atoms with E-state index in [2.05, 4.69) is 26.3 Å². The minimum Gasteiger partial charge on any atom is -0.465 e. The molecule has 0 saturated carbocycles. The van der Waals surface area contributed by atoms with Crippen LogP contribution in [0.2, 0.25) is 0 Å². The van der Waals surface area contributed by atoms with Crippen molar-refractivity contribution in [1.82, 2.24) is 14.5 Å². The highest BCUT2D eigenvalue weighted by Crippen LogP contribution is 2.17. The van der Waals surface area contributed by atoms with Gasteiger partial charge in [-0.3, -0.25) is 0 Å². The lowest BCUT2D eigenvalue weighted by Crippen LogP contribution is -2.44. The smallest absolute Gasteiger partial charge is 0.337 e. The summed E-state index contributed by atoms with van der Waals surface area (Å²) < 4.78 is 32.4. The van der Waals surface area contributed by atoms with Gasteiger partial charge in [-0.1, -0.05) is 6.07 Å². The highest BCUT2D eigenvalue weighted by Gasteiger charge is 2.19. The molecule has 0 unspecified atom stereocenters. The molecule has 1 N–H and O–H groups in total. The summed E-state index contributed by atoms with van der Waals surface area (Å²) in [7, 11) is -0.245. The van der Waals surface area contributed by atoms with Gasteiger partial charge in [0.1, 0.15) is 0 Å². The molecule has 26 heavy (non-hydrogen) atoms. The Hall–Kier alpha value is -1.48. The second-order valence-corrected chi connectivity index (χ2v) is 8.46. The quantitative estimate of drug-likeness (QED) is 0.535. The first-order chi connectivity index (χ1) is 12.3. The molecule has 0 radical (unpaired) electrons. The number of hydrogen-bond acceptors (Lipinski definition) is 6. The number of unbranched alkanes of at least 4 members (excludes halogenated alkanes) is 1. The Balaban J connectivity index is 1.84. The van der Waals surface area contributed by atoms with Gasteiger partial charge in [-0.05, 0) is 51.1 Å². The van der Waals surface area contributed by atoms with Crippen molar-refractivity contribution in [1.29, 1.82) is 0 Å². The van der Waals surface area contributed by atoms with Crippen LogP contribution >= 0.6 is 0 Å². The molecule has 0 aromatic heterocycles. The molecule has 1 aliphatic heterocycles. The fraction of sp³-hybridized carbons (Fsp3) is 0.611. The Bertz CT molecular complexity index is 713. The Morgan fingerprint density at radius 2 is 1.88 bits per heavy atom. The van der Waals surface area contributed by atoms with Crippen molar-refractivity contribution in [3.8, 4) is 0 Å². The SMILES string of the molecule is COC(=O)c1ccc(C)c(S(=O)(=O)NCCCCN2CCN(C)CC2)c1. The summed E-state index contributed by atoms with van der Waals surface area (Å²) in [4.78, 5) is 16.5. The maximum Gasteiger partial charge on any atom is 0.337 e. The minimum atomic E-state index is -3.65. The second-order valence-electron chi connectivity index (χ2n) is 6.72. The van der Waals surface area contributed by atoms with Crippen molar-refractivity contribution in [2.75, 3.05) is 53.4 Å². The van der Waals surface area contributed by atoms with Crippen LogP contribution in [0.5, 0.6) is 0 Å². The van der Waals surface area contributed by atoms with Crippen LogP contribution in [0.25, 0.3) is 0 Å². The first-order valence-corrected chi connectivity index (χ1v) is 10.4. The predicted octanol–water partition coefficient (Wildman–Crippen LogP) is 1.09. The van der Waals surface area contributed by atoms with Crippen LogP contribution < -0.4 is 4.72 Å². The number of likely N-dealkylation sites (N-methyl/N-ethyl adjacent to an activating group) is 1. The molecule has 2 rings (SSSR count). The lowest BCUT2D eigenvalue weighted by Gasteiger charge is -2.32. The molecule has 7 nitrogen and oxygen atoms in total. The van der Waals surface area contributed by atoms with Crippen LogP contribution in [-0.2, 0) is 14.8 Å². The molecule has 1 heterocycles. The third kappa shape index (κ3) is 5.77. The van der Waals surface area contributed by atoms with Gasteiger partial charge < -0.3 is 14.5 Å². The molecular weight excluding hydrogens is 354 g/mol. The van der Waals surface area contributed by atoms with Crippen LogP contribution in [0.1, 0.15) is 28.8 Å². The van der Waals surface area contributed by atoms with Crippen molar-refractivity contribution >= 4 is 16.0 Å². The number of hydrogen-bond donors (Lipinski definition) is 1. The Kier molecular flexibility index (Phi) is 7.57. The molecule has 0 spiro atoms. The fourth-order valence-electron chi connectivity index (χ4n) is 2.95. The molecule has 1 aliphatic rings. The van der Waals surface area contributed by atoms with E-state index < -0.39 is 16.0 Å². The Morgan fingerprint density at radius 3 is 2.54 bits per heavy atom. The number of nitrogens with zero attached hydrogens (tertiary/aromatic N) is 2.